The van der Waals surface area contributed by atoms with Gasteiger partial charge in [-0.2, -0.15) is 0 Å². The average Bonchev–Trinajstić information content (AvgIpc) is 3.43. The Bertz CT molecular complexity index is 953. The number of benzene rings is 1. The molecule has 0 saturated heterocycles. The van der Waals surface area contributed by atoms with Crippen LogP contribution >= 0.6 is 24.0 Å². The fourth-order valence-electron chi connectivity index (χ4n) is 3.24. The van der Waals surface area contributed by atoms with E-state index < -0.39 is 0 Å². The molecule has 0 atom stereocenters. The zero-order valence-corrected chi connectivity index (χ0v) is 21.6. The van der Waals surface area contributed by atoms with Crippen molar-refractivity contribution >= 4 is 29.9 Å². The molecule has 0 spiro atoms. The van der Waals surface area contributed by atoms with E-state index in [-0.39, 0.29) is 24.0 Å². The molecule has 2 aromatic heterocycles. The van der Waals surface area contributed by atoms with Crippen LogP contribution in [0.2, 0.25) is 0 Å². The third-order valence-electron chi connectivity index (χ3n) is 4.92. The van der Waals surface area contributed by atoms with Crippen molar-refractivity contribution in [2.24, 2.45) is 4.99 Å². The maximum absolute atomic E-state index is 5.46. The molecule has 174 valence electrons. The summed E-state index contributed by atoms with van der Waals surface area (Å²) in [5.74, 6) is 2.87. The van der Waals surface area contributed by atoms with E-state index in [9.17, 15) is 0 Å². The zero-order chi connectivity index (χ0) is 22.1. The molecule has 0 aliphatic carbocycles. The lowest BCUT2D eigenvalue weighted by molar-refractivity contribution is 0.287. The number of hydrogen-bond acceptors (Lipinski definition) is 5. The lowest BCUT2D eigenvalue weighted by Crippen LogP contribution is -2.36. The molecule has 0 aliphatic rings. The number of aliphatic imine (C=N–C) groups is 1. The number of furan rings is 1. The van der Waals surface area contributed by atoms with Crippen LogP contribution in [0, 0.1) is 0 Å². The van der Waals surface area contributed by atoms with Crippen molar-refractivity contribution in [2.45, 2.75) is 52.9 Å². The predicted molar refractivity (Wildman–Crippen MR) is 138 cm³/mol. The van der Waals surface area contributed by atoms with Crippen LogP contribution in [-0.4, -0.2) is 29.6 Å². The summed E-state index contributed by atoms with van der Waals surface area (Å²) in [5, 5.41) is 10.7. The summed E-state index contributed by atoms with van der Waals surface area (Å²) in [4.78, 5) is 7.02. The van der Waals surface area contributed by atoms with E-state index in [1.165, 1.54) is 11.1 Å². The van der Waals surface area contributed by atoms with Crippen LogP contribution in [0.1, 0.15) is 55.0 Å². The molecule has 0 aliphatic heterocycles. The van der Waals surface area contributed by atoms with Gasteiger partial charge in [0.05, 0.1) is 31.6 Å². The maximum atomic E-state index is 5.46. The third-order valence-corrected chi connectivity index (χ3v) is 4.92. The standard InChI is InChI=1S/C24H33N5O2.HI/c1-5-25-24(27-15-22-13-23(18(2)3)28-31-22)26-14-19-9-6-7-10-20(19)16-29(4)17-21-11-8-12-30-21;/h6-13,18H,5,14-17H2,1-4H3,(H2,25,26,27);1H. The van der Waals surface area contributed by atoms with Crippen LogP contribution in [0.5, 0.6) is 0 Å². The second-order valence-corrected chi connectivity index (χ2v) is 7.94. The lowest BCUT2D eigenvalue weighted by Gasteiger charge is -2.17. The van der Waals surface area contributed by atoms with Gasteiger partial charge in [0.1, 0.15) is 5.76 Å². The minimum atomic E-state index is 0. The van der Waals surface area contributed by atoms with Crippen LogP contribution in [0.3, 0.4) is 0 Å². The van der Waals surface area contributed by atoms with Crippen LogP contribution in [-0.2, 0) is 26.2 Å². The predicted octanol–water partition coefficient (Wildman–Crippen LogP) is 4.90. The smallest absolute Gasteiger partial charge is 0.191 e. The Hall–Kier alpha value is -2.33. The third kappa shape index (κ3) is 7.98. The van der Waals surface area contributed by atoms with E-state index in [0.29, 0.717) is 19.0 Å². The monoisotopic (exact) mass is 551 g/mol. The molecule has 3 aromatic rings. The maximum Gasteiger partial charge on any atom is 0.191 e. The highest BCUT2D eigenvalue weighted by Crippen LogP contribution is 2.15. The topological polar surface area (TPSA) is 78.8 Å². The SMILES string of the molecule is CCNC(=NCc1ccccc1CN(C)Cc1ccco1)NCc1cc(C(C)C)no1.I. The molecule has 0 saturated carbocycles. The molecule has 1 aromatic carbocycles. The Morgan fingerprint density at radius 3 is 2.50 bits per heavy atom. The fourth-order valence-corrected chi connectivity index (χ4v) is 3.24. The van der Waals surface area contributed by atoms with Crippen LogP contribution in [0.4, 0.5) is 0 Å². The molecular weight excluding hydrogens is 517 g/mol. The first kappa shape index (κ1) is 25.9. The average molecular weight is 551 g/mol. The van der Waals surface area contributed by atoms with Crippen molar-refractivity contribution in [1.29, 1.82) is 0 Å². The van der Waals surface area contributed by atoms with Gasteiger partial charge in [-0.1, -0.05) is 43.3 Å². The van der Waals surface area contributed by atoms with E-state index in [2.05, 4.69) is 72.8 Å². The molecule has 0 bridgehead atoms. The highest BCUT2D eigenvalue weighted by molar-refractivity contribution is 14.0. The van der Waals surface area contributed by atoms with Crippen LogP contribution in [0.25, 0.3) is 0 Å². The number of guanidine groups is 1. The summed E-state index contributed by atoms with van der Waals surface area (Å²) >= 11 is 0. The lowest BCUT2D eigenvalue weighted by atomic mass is 10.1. The van der Waals surface area contributed by atoms with Gasteiger partial charge < -0.3 is 19.6 Å². The van der Waals surface area contributed by atoms with Gasteiger partial charge in [-0.25, -0.2) is 4.99 Å². The first-order valence-electron chi connectivity index (χ1n) is 10.8. The van der Waals surface area contributed by atoms with Crippen molar-refractivity contribution in [3.8, 4) is 0 Å². The van der Waals surface area contributed by atoms with E-state index >= 15 is 0 Å². The van der Waals surface area contributed by atoms with Crippen LogP contribution < -0.4 is 10.6 Å². The fraction of sp³-hybridized carbons (Fsp3) is 0.417. The molecule has 32 heavy (non-hydrogen) atoms. The van der Waals surface area contributed by atoms with Gasteiger partial charge in [-0.05, 0) is 43.1 Å². The van der Waals surface area contributed by atoms with Crippen molar-refractivity contribution in [1.82, 2.24) is 20.7 Å². The van der Waals surface area contributed by atoms with E-state index in [1.807, 2.05) is 18.2 Å². The highest BCUT2D eigenvalue weighted by atomic mass is 127. The van der Waals surface area contributed by atoms with Gasteiger partial charge in [0.2, 0.25) is 0 Å². The zero-order valence-electron chi connectivity index (χ0n) is 19.3. The summed E-state index contributed by atoms with van der Waals surface area (Å²) in [6.07, 6.45) is 1.71. The quantitative estimate of drug-likeness (QED) is 0.212. The summed E-state index contributed by atoms with van der Waals surface area (Å²) in [5.41, 5.74) is 3.42. The molecule has 8 heteroatoms. The number of nitrogens with zero attached hydrogens (tertiary/aromatic N) is 3. The molecule has 2 N–H and O–H groups in total. The summed E-state index contributed by atoms with van der Waals surface area (Å²) in [6.45, 7) is 9.77. The normalized spacial score (nSPS) is 11.6. The van der Waals surface area contributed by atoms with E-state index in [1.54, 1.807) is 6.26 Å². The minimum Gasteiger partial charge on any atom is -0.468 e. The molecule has 7 nitrogen and oxygen atoms in total. The second kappa shape index (κ2) is 13.3. The minimum absolute atomic E-state index is 0. The molecule has 0 amide bonds. The Balaban J connectivity index is 0.00000363. The Morgan fingerprint density at radius 1 is 1.06 bits per heavy atom. The second-order valence-electron chi connectivity index (χ2n) is 7.94. The molecule has 0 radical (unpaired) electrons. The Morgan fingerprint density at radius 2 is 1.84 bits per heavy atom. The van der Waals surface area contributed by atoms with Gasteiger partial charge in [-0.3, -0.25) is 4.90 Å². The number of halogens is 1. The van der Waals surface area contributed by atoms with Crippen molar-refractivity contribution in [3.63, 3.8) is 0 Å². The van der Waals surface area contributed by atoms with Gasteiger partial charge in [0, 0.05) is 19.2 Å². The molecule has 3 rings (SSSR count). The summed E-state index contributed by atoms with van der Waals surface area (Å²) < 4.78 is 10.9. The van der Waals surface area contributed by atoms with E-state index in [0.717, 1.165) is 42.8 Å². The number of nitrogens with one attached hydrogen (secondary N) is 2. The molecule has 2 heterocycles. The van der Waals surface area contributed by atoms with Gasteiger partial charge in [0.15, 0.2) is 11.7 Å². The van der Waals surface area contributed by atoms with Crippen LogP contribution in [0.15, 0.2) is 62.7 Å². The number of aromatic nitrogens is 1. The summed E-state index contributed by atoms with van der Waals surface area (Å²) in [7, 11) is 2.09. The van der Waals surface area contributed by atoms with Crippen molar-refractivity contribution in [3.05, 3.63) is 77.1 Å². The number of hydrogen-bond donors (Lipinski definition) is 2. The van der Waals surface area contributed by atoms with Gasteiger partial charge in [-0.15, -0.1) is 24.0 Å². The molecule has 0 unspecified atom stereocenters. The molecular formula is C24H34IN5O2. The van der Waals surface area contributed by atoms with Crippen molar-refractivity contribution < 1.29 is 8.94 Å². The van der Waals surface area contributed by atoms with E-state index in [4.69, 9.17) is 13.9 Å². The largest absolute Gasteiger partial charge is 0.468 e. The van der Waals surface area contributed by atoms with Gasteiger partial charge in [0.25, 0.3) is 0 Å². The Kier molecular flexibility index (Phi) is 10.8. The van der Waals surface area contributed by atoms with Crippen molar-refractivity contribution in [2.75, 3.05) is 13.6 Å². The number of rotatable bonds is 10. The first-order chi connectivity index (χ1) is 15.0. The summed E-state index contributed by atoms with van der Waals surface area (Å²) in [6, 6.07) is 14.3. The first-order valence-corrected chi connectivity index (χ1v) is 10.8. The van der Waals surface area contributed by atoms with Gasteiger partial charge >= 0.3 is 0 Å². The Labute approximate surface area is 207 Å². The molecule has 0 fully saturated rings. The highest BCUT2D eigenvalue weighted by Gasteiger charge is 2.10.